The van der Waals surface area contributed by atoms with Crippen LogP contribution in [0.4, 0.5) is 67.2 Å². The van der Waals surface area contributed by atoms with Crippen molar-refractivity contribution in [1.29, 1.82) is 0 Å². The average Bonchev–Trinajstić information content (AvgIpc) is 1.73. The third kappa shape index (κ3) is 30.1. The molecule has 15 rings (SSSR count). The van der Waals surface area contributed by atoms with Crippen LogP contribution in [0, 0.1) is 107 Å². The summed E-state index contributed by atoms with van der Waals surface area (Å²) in [6.45, 7) is 17.6. The SMILES string of the molecule is C#Cc1cccc(-n2nnn(C)c2=O)c1COc1cc(C)[c-]cc1C(F)(F)F.C/C=C/c1cccc(-n2nnn(C)c2=O)c1COc1cc(C)[c-]cc1C(F)(F)F.CC#Cc1cccc(-n2nnn(C)c2=O)c1COc1cc(C)[c-]cc1C(F)(F)F.Cc1c[c-]c(F)cc1OCc1c(F)cccc1-n1nnn(C)c1=O.[C-]#[N+]c1cccc(-n2nnn(C)c2=O)c1COc1cc(C)[c-]cc1C(F)(F)F.[Y].[Y].[Y].[Y].[Y]. The summed E-state index contributed by atoms with van der Waals surface area (Å²) in [4.78, 5) is 64.2. The predicted molar refractivity (Wildman–Crippen MR) is 466 cm³/mol. The van der Waals surface area contributed by atoms with Crippen molar-refractivity contribution < 1.29 is 249 Å². The van der Waals surface area contributed by atoms with E-state index in [0.29, 0.717) is 72.6 Å². The predicted octanol–water partition coefficient (Wildman–Crippen LogP) is 14.5. The maximum Gasteiger partial charge on any atom is 0.373 e. The summed E-state index contributed by atoms with van der Waals surface area (Å²) < 4.78 is 225. The molecule has 0 atom stereocenters. The molecule has 0 N–H and O–H groups in total. The van der Waals surface area contributed by atoms with Crippen LogP contribution in [-0.4, -0.2) is 99.0 Å². The Labute approximate surface area is 930 Å². The van der Waals surface area contributed by atoms with Crippen LogP contribution in [0.2, 0.25) is 0 Å². The van der Waals surface area contributed by atoms with Gasteiger partial charge in [0.15, 0.2) is 5.69 Å². The Morgan fingerprint density at radius 2 is 0.678 bits per heavy atom. The van der Waals surface area contributed by atoms with Gasteiger partial charge in [-0.3, -0.25) is 0 Å². The molecule has 0 spiro atoms. The number of halogens is 14. The smallest absolute Gasteiger partial charge is 0.373 e. The topological polar surface area (TPSA) is 314 Å². The Bertz CT molecular complexity index is 7360. The normalized spacial score (nSPS) is 10.9. The third-order valence-electron chi connectivity index (χ3n) is 19.7. The number of rotatable bonds is 21. The van der Waals surface area contributed by atoms with E-state index < -0.39 is 87.0 Å². The van der Waals surface area contributed by atoms with E-state index >= 15 is 0 Å². The zero-order chi connectivity index (χ0) is 101. The van der Waals surface area contributed by atoms with E-state index in [-0.39, 0.29) is 259 Å². The quantitative estimate of drug-likeness (QED) is 0.0366. The standard InChI is InChI=1S/C20H18F3N4O2.C20H16F3N4O2.C19H14F3N4O2.C18H13F3N5O2.C16H13F2N4O2.5Y/c2*1-4-6-14-7-5-8-17(27-19(28)26(3)24-25-27)15(14)12-29-18-11-13(2)9-10-16(18)20(21,22)23;1-4-13-6-5-7-16(26-18(27)25(3)23-24-26)14(13)11-28-17-10-12(2)8-9-15(17)19(20,21)22;1-11-7-8-13(18(19,20)21)16(9-11)28-10-12-14(22-2)5-4-6-15(12)26-17(27)25(3)23-24-26;1-10-6-7-11(17)8-15(10)24-9-12-13(18)4-3-5-14(12)22-16(23)21(2)19-20-22;;;;;/h4-8,10-11H,12H2,1-3H3;5,7-8,10-11H,12H2,1-3H3;1,5-7,9-10H,11H2,2-3H3;4-6,8-9H,10H2,1,3H3;3-6,8H,9H2,1-2H3;;;;;/q5*-1;;;;;/b6-4+;;;;;;;;;. The molecule has 5 radical (unpaired) electrons. The maximum absolute atomic E-state index is 14.2. The van der Waals surface area contributed by atoms with Gasteiger partial charge in [-0.25, -0.2) is 37.6 Å². The first-order valence-electron chi connectivity index (χ1n) is 40.2. The first-order valence-corrected chi connectivity index (χ1v) is 40.2. The zero-order valence-electron chi connectivity index (χ0n) is 77.4. The number of aryl methyl sites for hydroxylation is 10. The Kier molecular flexibility index (Phi) is 44.4. The molecule has 729 valence electrons. The summed E-state index contributed by atoms with van der Waals surface area (Å²) in [7, 11) is 7.16. The van der Waals surface area contributed by atoms with Gasteiger partial charge in [0.05, 0.1) is 40.6 Å². The molecule has 31 nitrogen and oxygen atoms in total. The van der Waals surface area contributed by atoms with Crippen LogP contribution in [0.1, 0.15) is 108 Å². The molecule has 50 heteroatoms. The van der Waals surface area contributed by atoms with Gasteiger partial charge in [-0.05, 0) is 142 Å². The molecule has 0 aliphatic rings. The van der Waals surface area contributed by atoms with Gasteiger partial charge in [-0.15, -0.1) is 48.2 Å². The van der Waals surface area contributed by atoms with E-state index in [0.717, 1.165) is 71.1 Å². The van der Waals surface area contributed by atoms with Crippen molar-refractivity contribution in [2.24, 2.45) is 35.2 Å². The van der Waals surface area contributed by atoms with E-state index in [9.17, 15) is 85.4 Å². The Hall–Kier alpha value is -11.6. The zero-order valence-corrected chi connectivity index (χ0v) is 91.5. The van der Waals surface area contributed by atoms with E-state index in [2.05, 4.69) is 105 Å². The summed E-state index contributed by atoms with van der Waals surface area (Å²) >= 11 is 0. The van der Waals surface area contributed by atoms with E-state index in [1.807, 2.05) is 6.92 Å². The molecule has 0 aliphatic heterocycles. The van der Waals surface area contributed by atoms with Crippen LogP contribution in [0.5, 0.6) is 28.7 Å². The van der Waals surface area contributed by atoms with Crippen molar-refractivity contribution in [2.45, 2.75) is 106 Å². The molecule has 0 saturated heterocycles. The van der Waals surface area contributed by atoms with Gasteiger partial charge in [-0.1, -0.05) is 107 Å². The molecule has 0 saturated carbocycles. The van der Waals surface area contributed by atoms with E-state index in [1.54, 1.807) is 108 Å². The number of tetrazole rings is 5. The van der Waals surface area contributed by atoms with Crippen molar-refractivity contribution >= 4 is 11.8 Å². The first kappa shape index (κ1) is 120. The second-order valence-electron chi connectivity index (χ2n) is 29.4. The number of benzene rings is 10. The van der Waals surface area contributed by atoms with Gasteiger partial charge in [0.25, 0.3) is 0 Å². The molecule has 0 fully saturated rings. The van der Waals surface area contributed by atoms with Crippen molar-refractivity contribution in [3.8, 4) is 81.4 Å². The second-order valence-corrected chi connectivity index (χ2v) is 29.4. The van der Waals surface area contributed by atoms with Gasteiger partial charge >= 0.3 is 53.2 Å². The molecule has 0 unspecified atom stereocenters. The van der Waals surface area contributed by atoms with Crippen LogP contribution < -0.4 is 52.1 Å². The van der Waals surface area contributed by atoms with E-state index in [1.165, 1.54) is 108 Å². The average molecular weight is 2360 g/mol. The summed E-state index contributed by atoms with van der Waals surface area (Å²) in [6, 6.07) is 47.1. The van der Waals surface area contributed by atoms with Crippen LogP contribution in [-0.2, 0) is 257 Å². The number of alkyl halides is 12. The molecule has 0 amide bonds. The summed E-state index contributed by atoms with van der Waals surface area (Å²) in [5.74, 6) is 5.83. The van der Waals surface area contributed by atoms with Crippen molar-refractivity contribution in [3.05, 3.63) is 358 Å². The molecular weight excluding hydrogens is 2280 g/mol. The Morgan fingerprint density at radius 1 is 0.385 bits per heavy atom. The van der Waals surface area contributed by atoms with Crippen molar-refractivity contribution in [2.75, 3.05) is 0 Å². The largest absolute Gasteiger partial charge is 0.515 e. The number of hydrogen-bond donors (Lipinski definition) is 0. The number of hydrogen-bond acceptors (Lipinski definition) is 20. The minimum atomic E-state index is -4.62. The molecule has 5 aromatic heterocycles. The van der Waals surface area contributed by atoms with E-state index in [4.69, 9.17) is 36.7 Å². The number of ether oxygens (including phenoxy) is 5. The Morgan fingerprint density at radius 3 is 1.01 bits per heavy atom. The fourth-order valence-corrected chi connectivity index (χ4v) is 12.8. The number of nitrogens with zero attached hydrogens (tertiary/aromatic N) is 21. The minimum Gasteiger partial charge on any atom is -0.515 e. The van der Waals surface area contributed by atoms with Crippen LogP contribution in [0.25, 0.3) is 39.4 Å². The maximum atomic E-state index is 14.2. The molecule has 143 heavy (non-hydrogen) atoms. The molecule has 10 aromatic carbocycles. The summed E-state index contributed by atoms with van der Waals surface area (Å²) in [6.07, 6.45) is -9.32. The van der Waals surface area contributed by atoms with Crippen molar-refractivity contribution in [1.82, 2.24) is 99.0 Å². The molecule has 0 bridgehead atoms. The number of allylic oxidation sites excluding steroid dienone is 1. The van der Waals surface area contributed by atoms with Gasteiger partial charge < -0.3 is 23.7 Å². The van der Waals surface area contributed by atoms with Crippen molar-refractivity contribution in [3.63, 3.8) is 0 Å². The molecular formula is C93H74F14N21O10Y5-5. The van der Waals surface area contributed by atoms with Gasteiger partial charge in [0, 0.05) is 267 Å². The second kappa shape index (κ2) is 52.8. The van der Waals surface area contributed by atoms with Crippen LogP contribution in [0.15, 0.2) is 182 Å². The van der Waals surface area contributed by atoms with Crippen LogP contribution in [0.3, 0.4) is 0 Å². The molecule has 15 aromatic rings. The molecule has 5 heterocycles. The summed E-state index contributed by atoms with van der Waals surface area (Å²) in [5, 5.41) is 37.0. The minimum absolute atomic E-state index is 0. The first-order chi connectivity index (χ1) is 65.3. The fourth-order valence-electron chi connectivity index (χ4n) is 12.8. The number of aromatic nitrogens is 20. The summed E-state index contributed by atoms with van der Waals surface area (Å²) in [5.41, 5.74) is 0.965. The van der Waals surface area contributed by atoms with Gasteiger partial charge in [0.2, 0.25) is 0 Å². The fraction of sp³-hybridized carbons (Fsp3) is 0.226. The van der Waals surface area contributed by atoms with Gasteiger partial charge in [0.1, 0.15) is 38.9 Å². The third-order valence-corrected chi connectivity index (χ3v) is 19.7. The Balaban J connectivity index is 0.000000271. The molecule has 0 aliphatic carbocycles. The van der Waals surface area contributed by atoms with Gasteiger partial charge in [-0.2, -0.15) is 176 Å². The number of terminal acetylenes is 1. The van der Waals surface area contributed by atoms with Crippen LogP contribution >= 0.6 is 0 Å². The monoisotopic (exact) mass is 2360 g/mol.